The van der Waals surface area contributed by atoms with Gasteiger partial charge in [0.2, 0.25) is 11.8 Å². The second-order valence-corrected chi connectivity index (χ2v) is 11.0. The molecule has 0 amide bonds. The van der Waals surface area contributed by atoms with Gasteiger partial charge in [0, 0.05) is 24.9 Å². The maximum atomic E-state index is 13.0. The molecule has 0 atom stereocenters. The highest BCUT2D eigenvalue weighted by molar-refractivity contribution is 7.92. The van der Waals surface area contributed by atoms with Crippen molar-refractivity contribution in [3.63, 3.8) is 0 Å². The van der Waals surface area contributed by atoms with E-state index in [4.69, 9.17) is 4.74 Å². The molecule has 0 bridgehead atoms. The summed E-state index contributed by atoms with van der Waals surface area (Å²) in [5.41, 5.74) is 4.72. The number of nitrogens with zero attached hydrogens (tertiary/aromatic N) is 4. The van der Waals surface area contributed by atoms with Crippen molar-refractivity contribution in [3.05, 3.63) is 77.6 Å². The van der Waals surface area contributed by atoms with Gasteiger partial charge in [-0.1, -0.05) is 30.3 Å². The van der Waals surface area contributed by atoms with Crippen LogP contribution < -0.4 is 14.8 Å². The van der Waals surface area contributed by atoms with E-state index in [9.17, 15) is 8.42 Å². The second kappa shape index (κ2) is 10.3. The molecular weight excluding hydrogens is 488 g/mol. The lowest BCUT2D eigenvalue weighted by Gasteiger charge is -2.23. The minimum absolute atomic E-state index is 0.0215. The van der Waals surface area contributed by atoms with Gasteiger partial charge in [0.25, 0.3) is 10.0 Å². The molecule has 2 aromatic carbocycles. The number of piperidine rings is 1. The third kappa shape index (κ3) is 5.65. The van der Waals surface area contributed by atoms with Crippen LogP contribution in [0.4, 0.5) is 5.95 Å². The highest BCUT2D eigenvalue weighted by Gasteiger charge is 2.21. The molecule has 0 aliphatic carbocycles. The van der Waals surface area contributed by atoms with E-state index in [0.29, 0.717) is 17.4 Å². The average molecular weight is 519 g/mol. The van der Waals surface area contributed by atoms with E-state index in [2.05, 4.69) is 31.2 Å². The molecule has 4 aromatic rings. The summed E-state index contributed by atoms with van der Waals surface area (Å²) >= 11 is 0. The van der Waals surface area contributed by atoms with Crippen LogP contribution in [0.3, 0.4) is 0 Å². The van der Waals surface area contributed by atoms with Crippen molar-refractivity contribution in [2.45, 2.75) is 37.5 Å². The van der Waals surface area contributed by atoms with Crippen LogP contribution in [0.15, 0.2) is 65.8 Å². The maximum Gasteiger partial charge on any atom is 0.267 e. The Balaban J connectivity index is 1.52. The van der Waals surface area contributed by atoms with Crippen LogP contribution in [-0.4, -0.2) is 41.3 Å². The first-order chi connectivity index (χ1) is 17.8. The molecule has 37 heavy (non-hydrogen) atoms. The number of ether oxygens (including phenoxy) is 1. The smallest absolute Gasteiger partial charge is 0.267 e. The van der Waals surface area contributed by atoms with Gasteiger partial charge < -0.3 is 10.1 Å². The Labute approximate surface area is 217 Å². The van der Waals surface area contributed by atoms with Gasteiger partial charge in [0.1, 0.15) is 10.6 Å². The van der Waals surface area contributed by atoms with E-state index in [0.717, 1.165) is 42.6 Å². The van der Waals surface area contributed by atoms with E-state index in [-0.39, 0.29) is 16.7 Å². The van der Waals surface area contributed by atoms with Crippen molar-refractivity contribution in [1.82, 2.24) is 25.1 Å². The van der Waals surface area contributed by atoms with E-state index in [1.807, 2.05) is 50.2 Å². The number of rotatable bonds is 7. The fourth-order valence-corrected chi connectivity index (χ4v) is 5.62. The van der Waals surface area contributed by atoms with E-state index >= 15 is 0 Å². The monoisotopic (exact) mass is 518 g/mol. The van der Waals surface area contributed by atoms with Crippen molar-refractivity contribution >= 4 is 16.0 Å². The minimum atomic E-state index is -3.94. The zero-order valence-electron chi connectivity index (χ0n) is 21.1. The molecule has 10 heteroatoms. The first-order valence-corrected chi connectivity index (χ1v) is 13.7. The number of nitrogens with one attached hydrogen (secondary N) is 2. The van der Waals surface area contributed by atoms with Crippen molar-refractivity contribution in [2.75, 3.05) is 17.8 Å². The summed E-state index contributed by atoms with van der Waals surface area (Å²) in [4.78, 5) is 8.99. The van der Waals surface area contributed by atoms with Gasteiger partial charge in [-0.15, -0.1) is 0 Å². The first-order valence-electron chi connectivity index (χ1n) is 12.2. The molecule has 5 rings (SSSR count). The molecule has 1 aliphatic heterocycles. The maximum absolute atomic E-state index is 13.0. The van der Waals surface area contributed by atoms with Crippen molar-refractivity contribution in [2.24, 2.45) is 7.05 Å². The van der Waals surface area contributed by atoms with Crippen LogP contribution in [0.25, 0.3) is 11.3 Å². The molecule has 0 radical (unpaired) electrons. The molecule has 192 valence electrons. The predicted molar refractivity (Wildman–Crippen MR) is 142 cm³/mol. The summed E-state index contributed by atoms with van der Waals surface area (Å²) in [6.45, 7) is 5.99. The van der Waals surface area contributed by atoms with E-state index < -0.39 is 10.0 Å². The number of aryl methyl sites for hydroxylation is 3. The zero-order chi connectivity index (χ0) is 26.0. The van der Waals surface area contributed by atoms with Gasteiger partial charge in [-0.05, 0) is 74.5 Å². The lowest BCUT2D eigenvalue weighted by atomic mass is 9.90. The lowest BCUT2D eigenvalue weighted by molar-refractivity contribution is 0.448. The number of hydrogen-bond donors (Lipinski definition) is 2. The predicted octanol–water partition coefficient (Wildman–Crippen LogP) is 4.55. The van der Waals surface area contributed by atoms with E-state index in [1.54, 1.807) is 13.1 Å². The molecule has 9 nitrogen and oxygen atoms in total. The summed E-state index contributed by atoms with van der Waals surface area (Å²) < 4.78 is 36.1. The topological polar surface area (TPSA) is 111 Å². The number of benzene rings is 2. The van der Waals surface area contributed by atoms with Gasteiger partial charge in [0.15, 0.2) is 0 Å². The number of aromatic nitrogens is 4. The number of sulfonamides is 1. The Morgan fingerprint density at radius 3 is 2.46 bits per heavy atom. The summed E-state index contributed by atoms with van der Waals surface area (Å²) in [5.74, 6) is 1.29. The Bertz CT molecular complexity index is 1510. The quantitative estimate of drug-likeness (QED) is 0.369. The third-order valence-corrected chi connectivity index (χ3v) is 7.83. The van der Waals surface area contributed by atoms with Crippen molar-refractivity contribution in [1.29, 1.82) is 0 Å². The van der Waals surface area contributed by atoms with Crippen molar-refractivity contribution in [3.8, 4) is 22.9 Å². The van der Waals surface area contributed by atoms with E-state index in [1.165, 1.54) is 22.6 Å². The van der Waals surface area contributed by atoms with Crippen LogP contribution in [0.1, 0.15) is 35.4 Å². The van der Waals surface area contributed by atoms with Gasteiger partial charge in [-0.2, -0.15) is 10.1 Å². The average Bonchev–Trinajstić information content (AvgIpc) is 3.32. The molecule has 1 aliphatic rings. The fraction of sp³-hybridized carbons (Fsp3) is 0.296. The molecule has 0 unspecified atom stereocenters. The van der Waals surface area contributed by atoms with Crippen LogP contribution >= 0.6 is 0 Å². The lowest BCUT2D eigenvalue weighted by Crippen LogP contribution is -2.26. The normalized spacial score (nSPS) is 14.5. The molecule has 0 spiro atoms. The first kappa shape index (κ1) is 24.9. The largest absolute Gasteiger partial charge is 0.439 e. The van der Waals surface area contributed by atoms with Crippen LogP contribution in [0, 0.1) is 13.8 Å². The molecule has 2 aromatic heterocycles. The number of hydrogen-bond acceptors (Lipinski definition) is 7. The SMILES string of the molecule is Cc1cccc(C)c1-c1cc(Oc2cccc(C3CCNCC3)c2)nc(NS(=O)(=O)c2cnn(C)c2)n1. The zero-order valence-corrected chi connectivity index (χ0v) is 21.9. The Morgan fingerprint density at radius 1 is 1.03 bits per heavy atom. The molecule has 0 saturated carbocycles. The molecule has 1 saturated heterocycles. The summed E-state index contributed by atoms with van der Waals surface area (Å²) in [6, 6.07) is 15.7. The highest BCUT2D eigenvalue weighted by Crippen LogP contribution is 2.33. The summed E-state index contributed by atoms with van der Waals surface area (Å²) in [6.07, 6.45) is 4.85. The van der Waals surface area contributed by atoms with Crippen molar-refractivity contribution < 1.29 is 13.2 Å². The summed E-state index contributed by atoms with van der Waals surface area (Å²) in [5, 5.41) is 7.36. The van der Waals surface area contributed by atoms with Crippen LogP contribution in [0.2, 0.25) is 0 Å². The molecule has 2 N–H and O–H groups in total. The molecule has 3 heterocycles. The van der Waals surface area contributed by atoms with Crippen LogP contribution in [0.5, 0.6) is 11.6 Å². The fourth-order valence-electron chi connectivity index (χ4n) is 4.69. The Hall–Kier alpha value is -3.76. The Morgan fingerprint density at radius 2 is 1.76 bits per heavy atom. The third-order valence-electron chi connectivity index (χ3n) is 6.55. The van der Waals surface area contributed by atoms with Crippen LogP contribution in [-0.2, 0) is 17.1 Å². The van der Waals surface area contributed by atoms with Gasteiger partial charge in [-0.3, -0.25) is 4.68 Å². The second-order valence-electron chi connectivity index (χ2n) is 9.34. The Kier molecular flexibility index (Phi) is 6.94. The highest BCUT2D eigenvalue weighted by atomic mass is 32.2. The van der Waals surface area contributed by atoms with Gasteiger partial charge in [-0.25, -0.2) is 18.1 Å². The van der Waals surface area contributed by atoms with Gasteiger partial charge >= 0.3 is 0 Å². The van der Waals surface area contributed by atoms with Gasteiger partial charge in [0.05, 0.1) is 11.9 Å². The molecule has 1 fully saturated rings. The molecular formula is C27H30N6O3S. The minimum Gasteiger partial charge on any atom is -0.439 e. The standard InChI is InChI=1S/C27H30N6O3S/c1-18-6-4-7-19(2)26(18)24-15-25(31-27(30-24)32-37(34,35)23-16-29-33(3)17-23)36-22-9-5-8-21(14-22)20-10-12-28-13-11-20/h4-9,14-17,20,28H,10-13H2,1-3H3,(H,30,31,32). The number of anilines is 1. The summed E-state index contributed by atoms with van der Waals surface area (Å²) in [7, 11) is -2.29.